The second kappa shape index (κ2) is 4.00. The second-order valence-electron chi connectivity index (χ2n) is 3.99. The van der Waals surface area contributed by atoms with E-state index in [-0.39, 0.29) is 0 Å². The molecule has 0 saturated carbocycles. The summed E-state index contributed by atoms with van der Waals surface area (Å²) in [5, 5.41) is 0. The zero-order valence-corrected chi connectivity index (χ0v) is 11.0. The lowest BCUT2D eigenvalue weighted by Gasteiger charge is -1.99. The number of nitrogens with zero attached hydrogens (tertiary/aromatic N) is 2. The molecule has 0 aliphatic carbocycles. The van der Waals surface area contributed by atoms with Gasteiger partial charge < -0.3 is 4.40 Å². The normalized spacial score (nSPS) is 10.9. The average molecular weight is 287 g/mol. The van der Waals surface area contributed by atoms with Crippen molar-refractivity contribution >= 4 is 21.6 Å². The van der Waals surface area contributed by atoms with Gasteiger partial charge in [-0.3, -0.25) is 0 Å². The molecule has 84 valence electrons. The Morgan fingerprint density at radius 2 is 2.00 bits per heavy atom. The topological polar surface area (TPSA) is 17.3 Å². The Labute approximate surface area is 108 Å². The van der Waals surface area contributed by atoms with Gasteiger partial charge >= 0.3 is 0 Å². The maximum absolute atomic E-state index is 4.67. The van der Waals surface area contributed by atoms with Gasteiger partial charge in [0.2, 0.25) is 0 Å². The number of rotatable bonds is 1. The standard InChI is InChI=1S/C14H11BrN2/c1-10-14(11-5-4-6-12(15)9-11)16-13-7-2-3-8-17(10)13/h2-9H,1H3. The summed E-state index contributed by atoms with van der Waals surface area (Å²) in [7, 11) is 0. The first kappa shape index (κ1) is 10.5. The van der Waals surface area contributed by atoms with Crippen molar-refractivity contribution in [3.05, 3.63) is 58.8 Å². The summed E-state index contributed by atoms with van der Waals surface area (Å²) in [6.45, 7) is 2.09. The van der Waals surface area contributed by atoms with E-state index in [1.165, 1.54) is 5.69 Å². The number of halogens is 1. The van der Waals surface area contributed by atoms with Gasteiger partial charge in [0.15, 0.2) is 0 Å². The summed E-state index contributed by atoms with van der Waals surface area (Å²) in [6.07, 6.45) is 2.04. The third-order valence-corrected chi connectivity index (χ3v) is 3.36. The molecule has 0 spiro atoms. The Hall–Kier alpha value is -1.61. The van der Waals surface area contributed by atoms with E-state index in [0.29, 0.717) is 0 Å². The lowest BCUT2D eigenvalue weighted by Crippen LogP contribution is -1.86. The Morgan fingerprint density at radius 1 is 1.12 bits per heavy atom. The Bertz CT molecular complexity index is 686. The maximum atomic E-state index is 4.67. The monoisotopic (exact) mass is 286 g/mol. The van der Waals surface area contributed by atoms with Gasteiger partial charge in [0.1, 0.15) is 5.65 Å². The van der Waals surface area contributed by atoms with E-state index in [2.05, 4.69) is 44.4 Å². The van der Waals surface area contributed by atoms with Crippen molar-refractivity contribution in [2.24, 2.45) is 0 Å². The fraction of sp³-hybridized carbons (Fsp3) is 0.0714. The lowest BCUT2D eigenvalue weighted by molar-refractivity contribution is 1.11. The molecule has 2 heterocycles. The van der Waals surface area contributed by atoms with E-state index in [1.54, 1.807) is 0 Å². The quantitative estimate of drug-likeness (QED) is 0.659. The molecule has 0 saturated heterocycles. The molecule has 0 unspecified atom stereocenters. The van der Waals surface area contributed by atoms with Crippen LogP contribution in [0, 0.1) is 6.92 Å². The molecule has 17 heavy (non-hydrogen) atoms. The third-order valence-electron chi connectivity index (χ3n) is 2.87. The summed E-state index contributed by atoms with van der Waals surface area (Å²) in [6, 6.07) is 14.3. The van der Waals surface area contributed by atoms with Crippen LogP contribution in [0.4, 0.5) is 0 Å². The molecule has 1 aromatic carbocycles. The van der Waals surface area contributed by atoms with Crippen LogP contribution in [0.1, 0.15) is 5.69 Å². The predicted molar refractivity (Wildman–Crippen MR) is 73.1 cm³/mol. The van der Waals surface area contributed by atoms with Crippen LogP contribution in [0.5, 0.6) is 0 Å². The predicted octanol–water partition coefficient (Wildman–Crippen LogP) is 4.07. The van der Waals surface area contributed by atoms with Crippen LogP contribution < -0.4 is 0 Å². The maximum Gasteiger partial charge on any atom is 0.137 e. The molecular weight excluding hydrogens is 276 g/mol. The summed E-state index contributed by atoms with van der Waals surface area (Å²) < 4.78 is 3.18. The number of pyridine rings is 1. The largest absolute Gasteiger partial charge is 0.304 e. The Balaban J connectivity index is 2.27. The van der Waals surface area contributed by atoms with Crippen molar-refractivity contribution in [1.82, 2.24) is 9.38 Å². The highest BCUT2D eigenvalue weighted by Gasteiger charge is 2.09. The number of hydrogen-bond acceptors (Lipinski definition) is 1. The minimum atomic E-state index is 0.986. The highest BCUT2D eigenvalue weighted by molar-refractivity contribution is 9.10. The summed E-state index contributed by atoms with van der Waals surface area (Å²) in [5.74, 6) is 0. The molecule has 3 rings (SSSR count). The van der Waals surface area contributed by atoms with Crippen molar-refractivity contribution in [2.45, 2.75) is 6.92 Å². The fourth-order valence-corrected chi connectivity index (χ4v) is 2.43. The van der Waals surface area contributed by atoms with Crippen LogP contribution in [0.2, 0.25) is 0 Å². The van der Waals surface area contributed by atoms with Crippen LogP contribution in [-0.2, 0) is 0 Å². The van der Waals surface area contributed by atoms with Gasteiger partial charge in [-0.15, -0.1) is 0 Å². The first-order chi connectivity index (χ1) is 8.25. The minimum Gasteiger partial charge on any atom is -0.304 e. The van der Waals surface area contributed by atoms with Gasteiger partial charge in [-0.2, -0.15) is 0 Å². The zero-order chi connectivity index (χ0) is 11.8. The van der Waals surface area contributed by atoms with Crippen molar-refractivity contribution in [2.75, 3.05) is 0 Å². The smallest absolute Gasteiger partial charge is 0.137 e. The van der Waals surface area contributed by atoms with E-state index in [0.717, 1.165) is 21.4 Å². The summed E-state index contributed by atoms with van der Waals surface area (Å²) in [4.78, 5) is 4.67. The number of aromatic nitrogens is 2. The van der Waals surface area contributed by atoms with Crippen molar-refractivity contribution in [3.8, 4) is 11.3 Å². The molecule has 2 aromatic heterocycles. The van der Waals surface area contributed by atoms with Crippen LogP contribution >= 0.6 is 15.9 Å². The number of benzene rings is 1. The van der Waals surface area contributed by atoms with Crippen molar-refractivity contribution in [3.63, 3.8) is 0 Å². The molecule has 2 nitrogen and oxygen atoms in total. The molecule has 3 heteroatoms. The van der Waals surface area contributed by atoms with E-state index < -0.39 is 0 Å². The van der Waals surface area contributed by atoms with Gasteiger partial charge in [0.05, 0.1) is 5.69 Å². The average Bonchev–Trinajstić information content (AvgIpc) is 2.68. The molecule has 0 fully saturated rings. The first-order valence-electron chi connectivity index (χ1n) is 5.45. The zero-order valence-electron chi connectivity index (χ0n) is 9.39. The SMILES string of the molecule is Cc1c(-c2cccc(Br)c2)nc2ccccn12. The number of imidazole rings is 1. The molecule has 0 amide bonds. The third kappa shape index (κ3) is 1.76. The van der Waals surface area contributed by atoms with Crippen LogP contribution in [0.25, 0.3) is 16.9 Å². The van der Waals surface area contributed by atoms with Crippen LogP contribution in [0.3, 0.4) is 0 Å². The van der Waals surface area contributed by atoms with Crippen LogP contribution in [-0.4, -0.2) is 9.38 Å². The minimum absolute atomic E-state index is 0.986. The van der Waals surface area contributed by atoms with Crippen molar-refractivity contribution < 1.29 is 0 Å². The molecule has 0 N–H and O–H groups in total. The van der Waals surface area contributed by atoms with E-state index in [4.69, 9.17) is 0 Å². The summed E-state index contributed by atoms with van der Waals surface area (Å²) in [5.41, 5.74) is 4.33. The van der Waals surface area contributed by atoms with Gasteiger partial charge in [-0.05, 0) is 31.2 Å². The highest BCUT2D eigenvalue weighted by Crippen LogP contribution is 2.25. The van der Waals surface area contributed by atoms with Crippen LogP contribution in [0.15, 0.2) is 53.1 Å². The number of fused-ring (bicyclic) bond motifs is 1. The second-order valence-corrected chi connectivity index (χ2v) is 4.90. The lowest BCUT2D eigenvalue weighted by atomic mass is 10.1. The molecule has 0 bridgehead atoms. The molecule has 0 aliphatic rings. The molecule has 3 aromatic rings. The molecule has 0 aliphatic heterocycles. The molecular formula is C14H11BrN2. The highest BCUT2D eigenvalue weighted by atomic mass is 79.9. The van der Waals surface area contributed by atoms with Gasteiger partial charge in [-0.1, -0.05) is 34.1 Å². The Kier molecular flexibility index (Phi) is 2.48. The first-order valence-corrected chi connectivity index (χ1v) is 6.24. The number of aryl methyl sites for hydroxylation is 1. The van der Waals surface area contributed by atoms with Gasteiger partial charge in [0, 0.05) is 21.9 Å². The van der Waals surface area contributed by atoms with Gasteiger partial charge in [-0.25, -0.2) is 4.98 Å². The molecule has 0 atom stereocenters. The summed E-state index contributed by atoms with van der Waals surface area (Å²) >= 11 is 3.49. The van der Waals surface area contributed by atoms with E-state index in [9.17, 15) is 0 Å². The Morgan fingerprint density at radius 3 is 2.76 bits per heavy atom. The van der Waals surface area contributed by atoms with E-state index in [1.807, 2.05) is 36.5 Å². The van der Waals surface area contributed by atoms with Gasteiger partial charge in [0.25, 0.3) is 0 Å². The van der Waals surface area contributed by atoms with E-state index >= 15 is 0 Å². The van der Waals surface area contributed by atoms with Crippen molar-refractivity contribution in [1.29, 1.82) is 0 Å². The fourth-order valence-electron chi connectivity index (χ4n) is 2.03. The molecule has 0 radical (unpaired) electrons. The number of hydrogen-bond donors (Lipinski definition) is 0.